The smallest absolute Gasteiger partial charge is 0.420 e. The Balaban J connectivity index is 0.000000130. The number of rotatable bonds is 14. The van der Waals surface area contributed by atoms with Gasteiger partial charge in [0.25, 0.3) is 46.2 Å². The highest BCUT2D eigenvalue weighted by atomic mass is 19.1. The zero-order chi connectivity index (χ0) is 83.9. The van der Waals surface area contributed by atoms with Gasteiger partial charge in [0.15, 0.2) is 78.1 Å². The number of hydrogen-bond donors (Lipinski definition) is 0. The maximum absolute atomic E-state index is 13.4. The van der Waals surface area contributed by atoms with Crippen LogP contribution in [0.2, 0.25) is 0 Å². The molecule has 0 N–H and O–H groups in total. The van der Waals surface area contributed by atoms with E-state index < -0.39 is 0 Å². The van der Waals surface area contributed by atoms with Crippen molar-refractivity contribution in [2.75, 3.05) is 0 Å². The molecule has 23 heteroatoms. The van der Waals surface area contributed by atoms with Gasteiger partial charge in [0.05, 0.1) is 57.8 Å². The molecule has 0 saturated heterocycles. The lowest BCUT2D eigenvalue weighted by atomic mass is 9.92. The van der Waals surface area contributed by atoms with Crippen molar-refractivity contribution in [3.63, 3.8) is 0 Å². The predicted octanol–water partition coefficient (Wildman–Crippen LogP) is 10.1. The summed E-state index contributed by atoms with van der Waals surface area (Å²) >= 11 is 0. The molecule has 21 nitrogen and oxygen atoms in total. The standard InChI is InChI=1S/C30H35N2O.C20H21N4.C17H21N4.C14H16F2N5.C14H18N5/c1-20(2)24-16-12-17-25(21(3)4)29(24)32-19-28(33-27-18-11-9-14-23(27)6)31(7)30(32)26-15-10-8-13-22(26)5;1-21-14-7-6-11-18(21)19-12-8-13-20(22(19)2)24-15-16-9-4-5-10-17(16)23(24)3;1-14-12-19(3)21(13-14)17-10-7-9-16(20(17)4)15-8-5-6-11-18(15)2;1-17-7-11(15)9-20(17)13-5-4-6-14(19(13)3)21-10-12(16)8-18(21)2;1-15-9-5-11-18(15)13-7-4-8-14(17(13)3)19-12-6-10-16(19)2/h8-21H,1-7H3;4-15H,1-3H3;5-13H,1-4H3;4-10H,1-3H3;4-12H,1-3H3/q+1;4*+3. The van der Waals surface area contributed by atoms with Crippen LogP contribution < -0.4 is 64.8 Å². The highest BCUT2D eigenvalue weighted by Gasteiger charge is 2.34. The van der Waals surface area contributed by atoms with Gasteiger partial charge in [-0.2, -0.15) is 27.0 Å². The molecule has 0 amide bonds. The SMILES string of the molecule is C[n+]1c(-n2cc(F)c[n+]2C)cccc1-n1cc(F)c[n+]1C.C[n+]1c(-n2ccc[n+]2C)cccc1-n1ccc[n+]1C.Cc1ccccc1Oc1cn(-c2c(C(C)C)cccc2C(C)C)c(-c2ccccc2C)[n+]1C.Cc1cn(-c2cccc(-c3cccc[n+]3C)[n+]2C)[n+](C)c1.Cn1c2ccccc2c[n+]1-c1cccc(-c2cccc[n+]2C)[n+]1C. The minimum Gasteiger partial charge on any atom is -0.420 e. The monoisotopic (exact) mass is 1590 g/mol. The van der Waals surface area contributed by atoms with E-state index in [9.17, 15) is 8.78 Å². The van der Waals surface area contributed by atoms with Gasteiger partial charge in [-0.3, -0.25) is 0 Å². The average Bonchev–Trinajstić information content (AvgIpc) is 1.60. The van der Waals surface area contributed by atoms with Gasteiger partial charge < -0.3 is 4.74 Å². The summed E-state index contributed by atoms with van der Waals surface area (Å²) in [5, 5.41) is 1.23. The molecule has 0 aliphatic heterocycles. The second-order valence-corrected chi connectivity index (χ2v) is 30.6. The number of fused-ring (bicyclic) bond motifs is 1. The number of aryl methyl sites for hydroxylation is 11. The summed E-state index contributed by atoms with van der Waals surface area (Å²) in [5.74, 6) is 8.96. The van der Waals surface area contributed by atoms with Crippen LogP contribution in [0.5, 0.6) is 11.6 Å². The van der Waals surface area contributed by atoms with Crippen molar-refractivity contribution >= 4 is 10.9 Å². The maximum Gasteiger partial charge on any atom is 0.472 e. The number of benzene rings is 4. The highest BCUT2D eigenvalue weighted by Crippen LogP contribution is 2.37. The summed E-state index contributed by atoms with van der Waals surface area (Å²) in [6.45, 7) is 15.4. The Labute approximate surface area is 690 Å². The summed E-state index contributed by atoms with van der Waals surface area (Å²) in [5.41, 5.74) is 14.7. The van der Waals surface area contributed by atoms with E-state index in [0.717, 1.165) is 57.9 Å². The second kappa shape index (κ2) is 35.5. The molecule has 0 aliphatic carbocycles. The second-order valence-electron chi connectivity index (χ2n) is 30.6. The molecule has 13 heterocycles. The first-order valence-electron chi connectivity index (χ1n) is 39.7. The van der Waals surface area contributed by atoms with Crippen molar-refractivity contribution in [2.45, 2.75) is 60.3 Å². The van der Waals surface area contributed by atoms with Crippen LogP contribution in [0, 0.1) is 32.4 Å². The van der Waals surface area contributed by atoms with E-state index >= 15 is 0 Å². The quantitative estimate of drug-likeness (QED) is 0.0997. The van der Waals surface area contributed by atoms with Crippen LogP contribution in [0.1, 0.15) is 67.3 Å². The van der Waals surface area contributed by atoms with Crippen molar-refractivity contribution in [1.29, 1.82) is 0 Å². The van der Waals surface area contributed by atoms with Gasteiger partial charge >= 0.3 is 17.5 Å². The van der Waals surface area contributed by atoms with Crippen molar-refractivity contribution in [2.24, 2.45) is 91.6 Å². The van der Waals surface area contributed by atoms with Crippen molar-refractivity contribution in [3.8, 4) is 86.4 Å². The van der Waals surface area contributed by atoms with Gasteiger partial charge in [0.2, 0.25) is 48.8 Å². The van der Waals surface area contributed by atoms with E-state index in [1.807, 2.05) is 98.8 Å². The molecule has 118 heavy (non-hydrogen) atoms. The number of pyridine rings is 6. The van der Waals surface area contributed by atoms with E-state index in [1.54, 1.807) is 32.8 Å². The Bertz CT molecular complexity index is 6310. The van der Waals surface area contributed by atoms with Crippen molar-refractivity contribution < 1.29 is 73.6 Å². The van der Waals surface area contributed by atoms with Gasteiger partial charge in [-0.05, 0) is 139 Å². The fourth-order valence-corrected chi connectivity index (χ4v) is 15.3. The van der Waals surface area contributed by atoms with E-state index in [4.69, 9.17) is 4.74 Å². The number of nitrogens with zero attached hydrogens (tertiary/aromatic N) is 20. The van der Waals surface area contributed by atoms with E-state index in [0.29, 0.717) is 11.8 Å². The predicted molar refractivity (Wildman–Crippen MR) is 445 cm³/mol. The maximum atomic E-state index is 13.4. The van der Waals surface area contributed by atoms with Gasteiger partial charge in [-0.15, -0.1) is 9.25 Å². The molecule has 17 aromatic rings. The summed E-state index contributed by atoms with van der Waals surface area (Å²) in [7, 11) is 26.1. The van der Waals surface area contributed by atoms with Crippen molar-refractivity contribution in [1.82, 2.24) is 32.7 Å². The fraction of sp³-hybridized carbons (Fsp3) is 0.232. The number of hydrogen-bond acceptors (Lipinski definition) is 1. The third kappa shape index (κ3) is 17.1. The van der Waals surface area contributed by atoms with Crippen LogP contribution in [0.3, 0.4) is 0 Å². The molecule has 0 aliphatic rings. The van der Waals surface area contributed by atoms with Crippen LogP contribution in [-0.2, 0) is 91.6 Å². The number of aromatic nitrogens is 20. The molecule has 13 aromatic heterocycles. The molecule has 598 valence electrons. The number of imidazole rings is 1. The van der Waals surface area contributed by atoms with Gasteiger partial charge in [-0.1, -0.05) is 113 Å². The third-order valence-electron chi connectivity index (χ3n) is 21.7. The summed E-state index contributed by atoms with van der Waals surface area (Å²) in [6, 6.07) is 73.1. The summed E-state index contributed by atoms with van der Waals surface area (Å²) in [4.78, 5) is 0. The molecular formula is C95H111F2N20O+13. The molecule has 0 radical (unpaired) electrons. The number of halogens is 2. The summed E-state index contributed by atoms with van der Waals surface area (Å²) in [6.07, 6.45) is 26.5. The minimum absolute atomic E-state index is 0.319. The largest absolute Gasteiger partial charge is 0.472 e. The van der Waals surface area contributed by atoms with Crippen LogP contribution in [-0.4, -0.2) is 32.7 Å². The number of para-hydroxylation sites is 3. The Kier molecular flexibility index (Phi) is 24.7. The first-order chi connectivity index (χ1) is 56.7. The molecule has 4 aromatic carbocycles. The van der Waals surface area contributed by atoms with Crippen molar-refractivity contribution in [3.05, 3.63) is 339 Å². The van der Waals surface area contributed by atoms with Gasteiger partial charge in [0.1, 0.15) is 50.5 Å². The molecule has 0 saturated carbocycles. The highest BCUT2D eigenvalue weighted by molar-refractivity contribution is 5.77. The van der Waals surface area contributed by atoms with E-state index in [2.05, 4.69) is 376 Å². The summed E-state index contributed by atoms with van der Waals surface area (Å²) < 4.78 is 74.1. The first kappa shape index (κ1) is 82.2. The first-order valence-corrected chi connectivity index (χ1v) is 39.7. The van der Waals surface area contributed by atoms with E-state index in [-0.39, 0.29) is 11.6 Å². The van der Waals surface area contributed by atoms with Crippen LogP contribution in [0.25, 0.3) is 85.7 Å². The Hall–Kier alpha value is -13.8. The topological polar surface area (TPSA) is 94.2 Å². The normalized spacial score (nSPS) is 11.1. The molecule has 0 spiro atoms. The molecule has 0 atom stereocenters. The Morgan fingerprint density at radius 1 is 0.356 bits per heavy atom. The van der Waals surface area contributed by atoms with Crippen LogP contribution >= 0.6 is 0 Å². The van der Waals surface area contributed by atoms with E-state index in [1.165, 1.54) is 92.0 Å². The fourth-order valence-electron chi connectivity index (χ4n) is 15.3. The molecule has 0 unspecified atom stereocenters. The Morgan fingerprint density at radius 3 is 1.27 bits per heavy atom. The molecule has 0 fully saturated rings. The third-order valence-corrected chi connectivity index (χ3v) is 21.7. The van der Waals surface area contributed by atoms with Gasteiger partial charge in [-0.25, -0.2) is 13.7 Å². The number of ether oxygens (including phenoxy) is 1. The zero-order valence-electron chi connectivity index (χ0n) is 71.6. The lowest BCUT2D eigenvalue weighted by molar-refractivity contribution is -0.810. The minimum atomic E-state index is -0.319. The average molecular weight is 1590 g/mol. The zero-order valence-corrected chi connectivity index (χ0v) is 71.6. The lowest BCUT2D eigenvalue weighted by Crippen LogP contribution is -2.52. The van der Waals surface area contributed by atoms with Gasteiger partial charge in [0, 0.05) is 88.6 Å². The molecule has 0 bridgehead atoms. The van der Waals surface area contributed by atoms with Crippen LogP contribution in [0.4, 0.5) is 8.78 Å². The van der Waals surface area contributed by atoms with Crippen LogP contribution in [0.15, 0.2) is 299 Å². The molecule has 17 rings (SSSR count). The molecular weight excluding hydrogens is 1480 g/mol. The Morgan fingerprint density at radius 2 is 0.797 bits per heavy atom. The lowest BCUT2D eigenvalue weighted by Gasteiger charge is -2.17.